The summed E-state index contributed by atoms with van der Waals surface area (Å²) in [7, 11) is -6.04. The Morgan fingerprint density at radius 3 is 0.644 bits per heavy atom. The van der Waals surface area contributed by atoms with Crippen molar-refractivity contribution in [2.75, 3.05) is 0 Å². The third kappa shape index (κ3) is 52.8. The number of Topliss-reactive ketones (excluding diaryl/α,β-unsaturated/α-hetero) is 1. The molecule has 9 nitrogen and oxygen atoms in total. The van der Waals surface area contributed by atoms with E-state index in [9.17, 15) is 26.9 Å². The molecule has 0 spiro atoms. The predicted octanol–water partition coefficient (Wildman–Crippen LogP) is 27.7. The number of nitriles is 1. The molecule has 12 heteroatoms. The highest BCUT2D eigenvalue weighted by Gasteiger charge is 2.53. The maximum atomic E-state index is 13.3. The van der Waals surface area contributed by atoms with Gasteiger partial charge in [0.1, 0.15) is 12.9 Å². The number of rotatable bonds is 0. The van der Waals surface area contributed by atoms with Crippen molar-refractivity contribution in [3.63, 3.8) is 0 Å². The molecule has 0 atom stereocenters. The first-order valence-electron chi connectivity index (χ1n) is 29.1. The molecule has 2 aromatic rings. The van der Waals surface area contributed by atoms with Gasteiger partial charge in [-0.2, -0.15) is 10.2 Å². The molecule has 0 amide bonds. The van der Waals surface area contributed by atoms with Gasteiger partial charge in [0.15, 0.2) is 9.84 Å². The first-order chi connectivity index (χ1) is 34.5. The number of carbonyl (C=O) groups is 1. The van der Waals surface area contributed by atoms with Crippen molar-refractivity contribution in [3.05, 3.63) is 53.4 Å². The normalized spacial score (nSPS) is 12.1. The monoisotopic (exact) mass is 1340 g/mol. The molecule has 0 radical (unpaired) electrons. The minimum absolute atomic E-state index is 0. The summed E-state index contributed by atoms with van der Waals surface area (Å²) in [6.45, 7) is 83.9. The highest BCUT2D eigenvalue weighted by Crippen LogP contribution is 2.74. The Kier molecular flexibility index (Phi) is 61.2. The Labute approximate surface area is 573 Å². The quantitative estimate of drug-likeness (QED) is 0.145. The van der Waals surface area contributed by atoms with Crippen LogP contribution in [0.3, 0.4) is 0 Å². The molecule has 0 heterocycles. The fraction of sp³-hybridized carbons (Fsp3) is 0.833. The Morgan fingerprint density at radius 1 is 0.411 bits per heavy atom. The van der Waals surface area contributed by atoms with Crippen LogP contribution in [0.25, 0.3) is 10.8 Å². The zero-order valence-corrected chi connectivity index (χ0v) is 63.7. The van der Waals surface area contributed by atoms with Gasteiger partial charge in [-0.1, -0.05) is 266 Å². The van der Waals surface area contributed by atoms with Crippen molar-refractivity contribution in [2.24, 2.45) is 37.2 Å². The Hall–Kier alpha value is -2.54. The average Bonchev–Trinajstić information content (AvgIpc) is 3.18. The molecule has 0 saturated heterocycles. The second kappa shape index (κ2) is 44.2. The van der Waals surface area contributed by atoms with Gasteiger partial charge in [-0.3, -0.25) is 14.0 Å². The summed E-state index contributed by atoms with van der Waals surface area (Å²) < 4.78 is 46.8. The number of carbonyl (C=O) groups excluding carboxylic acids is 1. The molecular weight excluding hydrogens is 1170 g/mol. The van der Waals surface area contributed by atoms with Crippen molar-refractivity contribution in [3.8, 4) is 6.07 Å². The Morgan fingerprint density at radius 2 is 0.600 bits per heavy atom. The highest BCUT2D eigenvalue weighted by atomic mass is 32.2. The van der Waals surface area contributed by atoms with Crippen molar-refractivity contribution in [1.82, 2.24) is 0 Å². The van der Waals surface area contributed by atoms with E-state index in [2.05, 4.69) is 184 Å². The lowest BCUT2D eigenvalue weighted by molar-refractivity contribution is -0.134. The van der Waals surface area contributed by atoms with Gasteiger partial charge in [-0.05, 0) is 156 Å². The van der Waals surface area contributed by atoms with Gasteiger partial charge in [0, 0.05) is 68.5 Å². The molecule has 2 rings (SSSR count). The van der Waals surface area contributed by atoms with Gasteiger partial charge in [0.25, 0.3) is 0 Å². The Balaban J connectivity index is -0.0000000548. The van der Waals surface area contributed by atoms with Gasteiger partial charge in [-0.15, -0.1) is 0 Å². The van der Waals surface area contributed by atoms with Gasteiger partial charge in [0.2, 0.25) is 0 Å². The molecule has 0 aliphatic carbocycles. The fourth-order valence-electron chi connectivity index (χ4n) is 8.91. The second-order valence-electron chi connectivity index (χ2n) is 35.3. The number of ketones is 1. The van der Waals surface area contributed by atoms with E-state index in [4.69, 9.17) is 10.3 Å². The summed E-state index contributed by atoms with van der Waals surface area (Å²) in [5.41, 5.74) is 0.709. The topological polar surface area (TPSA) is 151 Å². The predicted molar refractivity (Wildman–Crippen MR) is 428 cm³/mol. The van der Waals surface area contributed by atoms with E-state index >= 15 is 0 Å². The van der Waals surface area contributed by atoms with Gasteiger partial charge >= 0.3 is 0 Å². The summed E-state index contributed by atoms with van der Waals surface area (Å²) in [6.07, 6.45) is 0. The summed E-state index contributed by atoms with van der Waals surface area (Å²) in [5.74, 6) is 0.319. The van der Waals surface area contributed by atoms with E-state index in [0.717, 1.165) is 0 Å². The van der Waals surface area contributed by atoms with E-state index in [1.54, 1.807) is 62.3 Å². The molecule has 90 heavy (non-hydrogen) atoms. The van der Waals surface area contributed by atoms with Gasteiger partial charge in [0.05, 0.1) is 26.6 Å². The first kappa shape index (κ1) is 125. The smallest absolute Gasteiger partial charge is 0.160 e. The van der Waals surface area contributed by atoms with Crippen LogP contribution in [0.5, 0.6) is 0 Å². The van der Waals surface area contributed by atoms with E-state index in [1.807, 2.05) is 104 Å². The molecule has 0 aliphatic rings. The third-order valence-corrected chi connectivity index (χ3v) is 22.2. The lowest BCUT2D eigenvalue weighted by Crippen LogP contribution is -2.41. The lowest BCUT2D eigenvalue weighted by atomic mass is 9.74. The molecule has 0 N–H and O–H groups in total. The van der Waals surface area contributed by atoms with E-state index in [-0.39, 0.29) is 130 Å². The number of aliphatic imine (C=N–C) groups is 1. The van der Waals surface area contributed by atoms with Crippen molar-refractivity contribution < 1.29 is 22.0 Å². The molecule has 550 valence electrons. The summed E-state index contributed by atoms with van der Waals surface area (Å²) in [6, 6.07) is 18.8. The molecule has 0 saturated carbocycles. The number of hydrogen-bond donors (Lipinski definition) is 0. The zero-order valence-electron chi connectivity index (χ0n) is 61.2. The standard InChI is InChI=1S/C13H27N.C12H27OP.C10H8.C9H18O.C8H18O2S.C8H18OS.C5H9N.C4H9NO.9CH4/c1-11(2,3)10(12(4,5)6)14-13(7,8)9;1-10(2,3)14(13,11(4,5)6)12(7,8)9;1-2-6-10-8-4-3-7-9(10)5-1;1-8(2,3)7(10)9(4,5)6;1-7(2,3)11(9,10)8(4,5)6;1-7(2,3)10(9)8(4,5)6;1-5(2,3)4-6;1-4(2,3)5-6;;;;;;;;;/h2*1-9H3;1-8H;1-6H3;1-6H3;1-6H3;2*1-3H3;9*1H4. The zero-order chi connectivity index (χ0) is 67.7. The van der Waals surface area contributed by atoms with Crippen LogP contribution in [0.2, 0.25) is 0 Å². The average molecular weight is 1340 g/mol. The third-order valence-electron chi connectivity index (χ3n) is 11.1. The maximum Gasteiger partial charge on any atom is 0.160 e. The fourth-order valence-corrected chi connectivity index (χ4v) is 18.6. The first-order valence-corrected chi connectivity index (χ1v) is 33.4. The molecule has 0 aliphatic heterocycles. The highest BCUT2D eigenvalue weighted by molar-refractivity contribution is 7.94. The lowest BCUT2D eigenvalue weighted by Gasteiger charge is -2.49. The number of hydrogen-bond acceptors (Lipinski definition) is 9. The van der Waals surface area contributed by atoms with Crippen LogP contribution in [0.1, 0.15) is 358 Å². The molecule has 0 fully saturated rings. The SMILES string of the molecule is C.C.C.C.C.C.C.C.C.CC(C)(C)C#N.CC(C)(C)C(=O)C(C)(C)C.CC(C)(C)N=C(C(C)(C)C)C(C)(C)C.CC(C)(C)N=O.CC(C)(C)P(=O)(C(C)(C)C)C(C)(C)C.CC(C)(C)S(=O)(=O)C(C)(C)C.CC(C)(C)S(=O)C(C)(C)C.c1ccc2ccccc2c1. The minimum Gasteiger partial charge on any atom is -0.322 e. The summed E-state index contributed by atoms with van der Waals surface area (Å²) in [4.78, 5) is 25.9. The summed E-state index contributed by atoms with van der Waals surface area (Å²) >= 11 is 0. The molecular formula is C78H170N3O6PS2. The van der Waals surface area contributed by atoms with E-state index in [1.165, 1.54) is 16.5 Å². The molecule has 2 aromatic carbocycles. The van der Waals surface area contributed by atoms with Crippen LogP contribution >= 0.6 is 7.14 Å². The summed E-state index contributed by atoms with van der Waals surface area (Å²) in [5, 5.41) is 13.2. The van der Waals surface area contributed by atoms with Crippen LogP contribution in [0, 0.1) is 43.3 Å². The largest absolute Gasteiger partial charge is 0.322 e. The van der Waals surface area contributed by atoms with Crippen LogP contribution < -0.4 is 0 Å². The van der Waals surface area contributed by atoms with Crippen molar-refractivity contribution in [1.29, 1.82) is 5.26 Å². The Bertz CT molecular complexity index is 2220. The van der Waals surface area contributed by atoms with Crippen molar-refractivity contribution in [2.45, 2.75) is 403 Å². The second-order valence-corrected chi connectivity index (χ2v) is 47.0. The minimum atomic E-state index is -3.01. The maximum absolute atomic E-state index is 13.3. The number of fused-ring (bicyclic) bond motifs is 1. The number of nitroso groups, excluding NO2 is 1. The number of benzene rings is 2. The van der Waals surface area contributed by atoms with Gasteiger partial charge in [-0.25, -0.2) is 8.42 Å². The van der Waals surface area contributed by atoms with E-state index in [0.29, 0.717) is 5.78 Å². The number of sulfone groups is 1. The van der Waals surface area contributed by atoms with Crippen LogP contribution in [0.4, 0.5) is 0 Å². The van der Waals surface area contributed by atoms with E-state index < -0.39 is 37.3 Å². The van der Waals surface area contributed by atoms with Crippen molar-refractivity contribution >= 4 is 50.0 Å². The molecule has 0 unspecified atom stereocenters. The van der Waals surface area contributed by atoms with Gasteiger partial charge < -0.3 is 4.57 Å². The molecule has 0 aromatic heterocycles. The van der Waals surface area contributed by atoms with Crippen LogP contribution in [-0.2, 0) is 30.0 Å². The van der Waals surface area contributed by atoms with Crippen LogP contribution in [-0.4, -0.2) is 69.7 Å². The van der Waals surface area contributed by atoms with Crippen LogP contribution in [0.15, 0.2) is 58.7 Å². The number of nitrogens with zero attached hydrogens (tertiary/aromatic N) is 3. The molecule has 0 bridgehead atoms.